The van der Waals surface area contributed by atoms with Crippen molar-refractivity contribution in [1.82, 2.24) is 5.32 Å². The third kappa shape index (κ3) is 5.21. The van der Waals surface area contributed by atoms with E-state index in [1.807, 2.05) is 12.1 Å². The molecule has 0 aliphatic carbocycles. The molecule has 0 radical (unpaired) electrons. The molecule has 0 heterocycles. The summed E-state index contributed by atoms with van der Waals surface area (Å²) in [5, 5.41) is 11.0. The van der Waals surface area contributed by atoms with Gasteiger partial charge in [-0.25, -0.2) is 0 Å². The van der Waals surface area contributed by atoms with E-state index in [1.54, 1.807) is 24.3 Å². The van der Waals surface area contributed by atoms with Crippen molar-refractivity contribution in [3.63, 3.8) is 0 Å². The van der Waals surface area contributed by atoms with Crippen LogP contribution in [0, 0.1) is 11.3 Å². The molecule has 0 unspecified atom stereocenters. The first-order valence-corrected chi connectivity index (χ1v) is 6.17. The van der Waals surface area contributed by atoms with Crippen molar-refractivity contribution in [1.29, 1.82) is 5.26 Å². The van der Waals surface area contributed by atoms with Crippen LogP contribution in [0.4, 0.5) is 0 Å². The molecule has 3 N–H and O–H groups in total. The Hall–Kier alpha value is -2.35. The van der Waals surface area contributed by atoms with Gasteiger partial charge >= 0.3 is 0 Å². The van der Waals surface area contributed by atoms with E-state index in [2.05, 4.69) is 5.32 Å². The second-order valence-corrected chi connectivity index (χ2v) is 4.20. The number of benzene rings is 1. The highest BCUT2D eigenvalue weighted by atomic mass is 16.2. The summed E-state index contributed by atoms with van der Waals surface area (Å²) >= 11 is 0. The molecule has 0 saturated carbocycles. The third-order valence-electron chi connectivity index (χ3n) is 2.72. The maximum atomic E-state index is 11.9. The standard InChI is InChI=1S/C14H17N3O2/c15-10-6-2-5-9-12(13(16)18)17-14(19)11-7-3-1-4-8-11/h1,3-4,7-8,12H,2,5-6,9H2,(H2,16,18)(H,17,19)/t12-/m0/s1. The molecule has 1 rings (SSSR count). The van der Waals surface area contributed by atoms with E-state index in [4.69, 9.17) is 11.0 Å². The van der Waals surface area contributed by atoms with Crippen LogP contribution < -0.4 is 11.1 Å². The van der Waals surface area contributed by atoms with E-state index in [0.717, 1.165) is 0 Å². The van der Waals surface area contributed by atoms with Gasteiger partial charge in [-0.05, 0) is 31.4 Å². The first kappa shape index (κ1) is 14.7. The van der Waals surface area contributed by atoms with Gasteiger partial charge in [-0.3, -0.25) is 9.59 Å². The fourth-order valence-electron chi connectivity index (χ4n) is 1.67. The van der Waals surface area contributed by atoms with Crippen molar-refractivity contribution in [2.45, 2.75) is 31.7 Å². The van der Waals surface area contributed by atoms with Crippen molar-refractivity contribution in [3.05, 3.63) is 35.9 Å². The molecule has 19 heavy (non-hydrogen) atoms. The Bertz CT molecular complexity index is 465. The summed E-state index contributed by atoms with van der Waals surface area (Å²) in [6, 6.07) is 10.00. The Labute approximate surface area is 112 Å². The fraction of sp³-hybridized carbons (Fsp3) is 0.357. The molecule has 0 bridgehead atoms. The number of nitrogens with two attached hydrogens (primary N) is 1. The maximum absolute atomic E-state index is 11.9. The number of nitrogens with zero attached hydrogens (tertiary/aromatic N) is 1. The SMILES string of the molecule is N#CCCCC[C@H](NC(=O)c1ccccc1)C(N)=O. The number of hydrogen-bond acceptors (Lipinski definition) is 3. The van der Waals surface area contributed by atoms with Crippen LogP contribution in [0.25, 0.3) is 0 Å². The number of primary amides is 1. The molecule has 5 heteroatoms. The quantitative estimate of drug-likeness (QED) is 0.723. The van der Waals surface area contributed by atoms with E-state index in [9.17, 15) is 9.59 Å². The Balaban J connectivity index is 2.52. The highest BCUT2D eigenvalue weighted by Crippen LogP contribution is 2.05. The van der Waals surface area contributed by atoms with Gasteiger partial charge in [0.2, 0.25) is 5.91 Å². The molecular formula is C14H17N3O2. The van der Waals surface area contributed by atoms with Gasteiger partial charge in [0.25, 0.3) is 5.91 Å². The number of amides is 2. The Morgan fingerprint density at radius 1 is 1.26 bits per heavy atom. The lowest BCUT2D eigenvalue weighted by atomic mass is 10.1. The van der Waals surface area contributed by atoms with Crippen LogP contribution in [-0.2, 0) is 4.79 Å². The molecule has 0 aromatic heterocycles. The van der Waals surface area contributed by atoms with Crippen molar-refractivity contribution in [2.75, 3.05) is 0 Å². The van der Waals surface area contributed by atoms with Crippen LogP contribution in [0.15, 0.2) is 30.3 Å². The number of nitrogens with one attached hydrogen (secondary N) is 1. The molecule has 1 aromatic rings. The van der Waals surface area contributed by atoms with Gasteiger partial charge in [-0.15, -0.1) is 0 Å². The predicted molar refractivity (Wildman–Crippen MR) is 71.0 cm³/mol. The number of carbonyl (C=O) groups is 2. The summed E-state index contributed by atoms with van der Waals surface area (Å²) in [7, 11) is 0. The number of unbranched alkanes of at least 4 members (excludes halogenated alkanes) is 2. The largest absolute Gasteiger partial charge is 0.368 e. The zero-order valence-corrected chi connectivity index (χ0v) is 10.6. The molecular weight excluding hydrogens is 242 g/mol. The topological polar surface area (TPSA) is 96.0 Å². The number of rotatable bonds is 7. The zero-order chi connectivity index (χ0) is 14.1. The Morgan fingerprint density at radius 2 is 1.95 bits per heavy atom. The van der Waals surface area contributed by atoms with Crippen LogP contribution in [0.1, 0.15) is 36.0 Å². The Morgan fingerprint density at radius 3 is 2.53 bits per heavy atom. The van der Waals surface area contributed by atoms with Crippen LogP contribution in [0.2, 0.25) is 0 Å². The van der Waals surface area contributed by atoms with Gasteiger partial charge in [0.1, 0.15) is 6.04 Å². The molecule has 0 aliphatic rings. The van der Waals surface area contributed by atoms with Crippen molar-refractivity contribution < 1.29 is 9.59 Å². The van der Waals surface area contributed by atoms with E-state index in [0.29, 0.717) is 31.2 Å². The monoisotopic (exact) mass is 259 g/mol. The lowest BCUT2D eigenvalue weighted by Gasteiger charge is -2.15. The molecule has 100 valence electrons. The van der Waals surface area contributed by atoms with Crippen LogP contribution in [0.3, 0.4) is 0 Å². The van der Waals surface area contributed by atoms with Gasteiger partial charge in [0.05, 0.1) is 6.07 Å². The number of carbonyl (C=O) groups excluding carboxylic acids is 2. The summed E-state index contributed by atoms with van der Waals surface area (Å²) < 4.78 is 0. The molecule has 5 nitrogen and oxygen atoms in total. The Kier molecular flexibility index (Phi) is 6.10. The number of hydrogen-bond donors (Lipinski definition) is 2. The summed E-state index contributed by atoms with van der Waals surface area (Å²) in [6.45, 7) is 0. The van der Waals surface area contributed by atoms with E-state index >= 15 is 0 Å². The van der Waals surface area contributed by atoms with Gasteiger partial charge in [-0.2, -0.15) is 5.26 Å². The maximum Gasteiger partial charge on any atom is 0.251 e. The fourth-order valence-corrected chi connectivity index (χ4v) is 1.67. The van der Waals surface area contributed by atoms with Crippen LogP contribution in [0.5, 0.6) is 0 Å². The number of nitriles is 1. The minimum Gasteiger partial charge on any atom is -0.368 e. The first-order valence-electron chi connectivity index (χ1n) is 6.17. The summed E-state index contributed by atoms with van der Waals surface area (Å²) in [4.78, 5) is 23.1. The zero-order valence-electron chi connectivity index (χ0n) is 10.6. The first-order chi connectivity index (χ1) is 9.15. The van der Waals surface area contributed by atoms with Crippen LogP contribution >= 0.6 is 0 Å². The average Bonchev–Trinajstić information content (AvgIpc) is 2.42. The molecule has 1 atom stereocenters. The third-order valence-corrected chi connectivity index (χ3v) is 2.72. The van der Waals surface area contributed by atoms with Crippen molar-refractivity contribution >= 4 is 11.8 Å². The van der Waals surface area contributed by atoms with Crippen molar-refractivity contribution in [3.8, 4) is 6.07 Å². The smallest absolute Gasteiger partial charge is 0.251 e. The highest BCUT2D eigenvalue weighted by molar-refractivity contribution is 5.97. The molecule has 0 spiro atoms. The average molecular weight is 259 g/mol. The molecule has 0 saturated heterocycles. The normalized spacial score (nSPS) is 11.3. The van der Waals surface area contributed by atoms with Gasteiger partial charge in [0.15, 0.2) is 0 Å². The predicted octanol–water partition coefficient (Wildman–Crippen LogP) is 1.35. The van der Waals surface area contributed by atoms with E-state index in [1.165, 1.54) is 0 Å². The summed E-state index contributed by atoms with van der Waals surface area (Å²) in [5.41, 5.74) is 5.75. The van der Waals surface area contributed by atoms with Gasteiger partial charge in [-0.1, -0.05) is 18.2 Å². The minimum atomic E-state index is -0.689. The molecule has 2 amide bonds. The van der Waals surface area contributed by atoms with Crippen molar-refractivity contribution in [2.24, 2.45) is 5.73 Å². The second kappa shape index (κ2) is 7.88. The highest BCUT2D eigenvalue weighted by Gasteiger charge is 2.18. The van der Waals surface area contributed by atoms with Gasteiger partial charge in [0, 0.05) is 12.0 Å². The summed E-state index contributed by atoms with van der Waals surface area (Å²) in [5.74, 6) is -0.870. The second-order valence-electron chi connectivity index (χ2n) is 4.20. The minimum absolute atomic E-state index is 0.315. The lowest BCUT2D eigenvalue weighted by Crippen LogP contribution is -2.44. The van der Waals surface area contributed by atoms with Crippen LogP contribution in [-0.4, -0.2) is 17.9 Å². The van der Waals surface area contributed by atoms with Gasteiger partial charge < -0.3 is 11.1 Å². The van der Waals surface area contributed by atoms with E-state index < -0.39 is 11.9 Å². The van der Waals surface area contributed by atoms with E-state index in [-0.39, 0.29) is 5.91 Å². The molecule has 0 fully saturated rings. The molecule has 0 aliphatic heterocycles. The molecule has 1 aromatic carbocycles. The lowest BCUT2D eigenvalue weighted by molar-refractivity contribution is -0.120. The summed E-state index contributed by atoms with van der Waals surface area (Å²) in [6.07, 6.45) is 2.27.